The van der Waals surface area contributed by atoms with Crippen molar-refractivity contribution in [3.63, 3.8) is 0 Å². The summed E-state index contributed by atoms with van der Waals surface area (Å²) < 4.78 is 0. The van der Waals surface area contributed by atoms with Crippen molar-refractivity contribution in [1.82, 2.24) is 4.90 Å². The lowest BCUT2D eigenvalue weighted by Crippen LogP contribution is -2.41. The van der Waals surface area contributed by atoms with Crippen molar-refractivity contribution in [2.45, 2.75) is 18.9 Å². The summed E-state index contributed by atoms with van der Waals surface area (Å²) >= 11 is 5.96. The van der Waals surface area contributed by atoms with Gasteiger partial charge in [0.05, 0.1) is 0 Å². The number of anilines is 1. The van der Waals surface area contributed by atoms with E-state index in [1.54, 1.807) is 0 Å². The topological polar surface area (TPSA) is 32.5 Å². The molecule has 1 fully saturated rings. The lowest BCUT2D eigenvalue weighted by Gasteiger charge is -2.32. The Morgan fingerprint density at radius 1 is 1.28 bits per heavy atom. The van der Waals surface area contributed by atoms with E-state index in [0.29, 0.717) is 6.04 Å². The number of hydrogen-bond acceptors (Lipinski definition) is 3. The van der Waals surface area contributed by atoms with Gasteiger partial charge in [0.1, 0.15) is 0 Å². The summed E-state index contributed by atoms with van der Waals surface area (Å²) in [5.41, 5.74) is 7.01. The number of benzene rings is 1. The second-order valence-electron chi connectivity index (χ2n) is 5.02. The molecular formula is C14H22ClN3. The van der Waals surface area contributed by atoms with Gasteiger partial charge < -0.3 is 15.5 Å². The third-order valence-electron chi connectivity index (χ3n) is 3.56. The molecule has 0 radical (unpaired) electrons. The van der Waals surface area contributed by atoms with E-state index in [4.69, 9.17) is 17.3 Å². The summed E-state index contributed by atoms with van der Waals surface area (Å²) in [6.45, 7) is 4.07. The fourth-order valence-corrected chi connectivity index (χ4v) is 2.78. The molecule has 1 saturated heterocycles. The molecule has 1 atom stereocenters. The van der Waals surface area contributed by atoms with Gasteiger partial charge in [-0.05, 0) is 57.2 Å². The Morgan fingerprint density at radius 2 is 2.00 bits per heavy atom. The van der Waals surface area contributed by atoms with Crippen LogP contribution in [0.3, 0.4) is 0 Å². The minimum atomic E-state index is 0.503. The molecule has 18 heavy (non-hydrogen) atoms. The summed E-state index contributed by atoms with van der Waals surface area (Å²) in [4.78, 5) is 4.88. The molecule has 1 aromatic carbocycles. The quantitative estimate of drug-likeness (QED) is 0.911. The Kier molecular flexibility index (Phi) is 4.87. The van der Waals surface area contributed by atoms with E-state index in [2.05, 4.69) is 29.0 Å². The molecule has 0 bridgehead atoms. The van der Waals surface area contributed by atoms with Gasteiger partial charge in [-0.25, -0.2) is 0 Å². The highest BCUT2D eigenvalue weighted by atomic mass is 35.5. The molecule has 1 unspecified atom stereocenters. The standard InChI is InChI=1S/C14H22ClN3/c1-17-9-2-10-18(14(11-17)7-8-16)13-5-3-12(15)4-6-13/h3-6,14H,2,7-11,16H2,1H3. The van der Waals surface area contributed by atoms with E-state index < -0.39 is 0 Å². The molecule has 0 aromatic heterocycles. The SMILES string of the molecule is CN1CCCN(c2ccc(Cl)cc2)C(CCN)C1. The van der Waals surface area contributed by atoms with Gasteiger partial charge in [0.15, 0.2) is 0 Å². The monoisotopic (exact) mass is 267 g/mol. The van der Waals surface area contributed by atoms with E-state index >= 15 is 0 Å². The van der Waals surface area contributed by atoms with Gasteiger partial charge in [-0.3, -0.25) is 0 Å². The van der Waals surface area contributed by atoms with Crippen molar-refractivity contribution in [3.8, 4) is 0 Å². The molecule has 0 saturated carbocycles. The average molecular weight is 268 g/mol. The third-order valence-corrected chi connectivity index (χ3v) is 3.81. The smallest absolute Gasteiger partial charge is 0.0428 e. The van der Waals surface area contributed by atoms with E-state index in [1.165, 1.54) is 12.1 Å². The molecular weight excluding hydrogens is 246 g/mol. The van der Waals surface area contributed by atoms with Gasteiger partial charge in [-0.15, -0.1) is 0 Å². The van der Waals surface area contributed by atoms with Gasteiger partial charge >= 0.3 is 0 Å². The van der Waals surface area contributed by atoms with Crippen LogP contribution in [0, 0.1) is 0 Å². The lowest BCUT2D eigenvalue weighted by molar-refractivity contribution is 0.326. The van der Waals surface area contributed by atoms with Crippen molar-refractivity contribution in [2.24, 2.45) is 5.73 Å². The van der Waals surface area contributed by atoms with Gasteiger partial charge in [0.25, 0.3) is 0 Å². The predicted molar refractivity (Wildman–Crippen MR) is 78.4 cm³/mol. The van der Waals surface area contributed by atoms with E-state index in [-0.39, 0.29) is 0 Å². The van der Waals surface area contributed by atoms with Crippen molar-refractivity contribution < 1.29 is 0 Å². The maximum Gasteiger partial charge on any atom is 0.0428 e. The van der Waals surface area contributed by atoms with Crippen LogP contribution in [-0.2, 0) is 0 Å². The lowest BCUT2D eigenvalue weighted by atomic mass is 10.1. The number of halogens is 1. The van der Waals surface area contributed by atoms with Gasteiger partial charge in [-0.2, -0.15) is 0 Å². The molecule has 0 spiro atoms. The zero-order valence-corrected chi connectivity index (χ0v) is 11.7. The van der Waals surface area contributed by atoms with Crippen molar-refractivity contribution >= 4 is 17.3 Å². The molecule has 1 aliphatic rings. The number of rotatable bonds is 3. The van der Waals surface area contributed by atoms with Crippen molar-refractivity contribution in [1.29, 1.82) is 0 Å². The van der Waals surface area contributed by atoms with E-state index in [1.807, 2.05) is 12.1 Å². The van der Waals surface area contributed by atoms with Gasteiger partial charge in [0, 0.05) is 29.8 Å². The summed E-state index contributed by atoms with van der Waals surface area (Å²) in [5.74, 6) is 0. The molecule has 0 amide bonds. The minimum Gasteiger partial charge on any atom is -0.367 e. The molecule has 1 aromatic rings. The summed E-state index contributed by atoms with van der Waals surface area (Å²) in [6.07, 6.45) is 2.23. The average Bonchev–Trinajstić information content (AvgIpc) is 2.53. The first-order valence-corrected chi connectivity index (χ1v) is 6.99. The molecule has 2 N–H and O–H groups in total. The maximum atomic E-state index is 5.96. The fourth-order valence-electron chi connectivity index (χ4n) is 2.66. The largest absolute Gasteiger partial charge is 0.367 e. The van der Waals surface area contributed by atoms with Crippen molar-refractivity contribution in [3.05, 3.63) is 29.3 Å². The van der Waals surface area contributed by atoms with Crippen LogP contribution in [0.25, 0.3) is 0 Å². The molecule has 0 aliphatic carbocycles. The molecule has 1 heterocycles. The van der Waals surface area contributed by atoms with Crippen LogP contribution in [0.2, 0.25) is 5.02 Å². The zero-order chi connectivity index (χ0) is 13.0. The highest BCUT2D eigenvalue weighted by Crippen LogP contribution is 2.23. The normalized spacial score (nSPS) is 21.9. The molecule has 1 aliphatic heterocycles. The van der Waals surface area contributed by atoms with Crippen LogP contribution in [0.1, 0.15) is 12.8 Å². The van der Waals surface area contributed by atoms with Gasteiger partial charge in [-0.1, -0.05) is 11.6 Å². The highest BCUT2D eigenvalue weighted by molar-refractivity contribution is 6.30. The van der Waals surface area contributed by atoms with E-state index in [0.717, 1.165) is 37.6 Å². The second-order valence-corrected chi connectivity index (χ2v) is 5.45. The molecule has 3 nitrogen and oxygen atoms in total. The predicted octanol–water partition coefficient (Wildman–Crippen LogP) is 2.20. The van der Waals surface area contributed by atoms with Gasteiger partial charge in [0.2, 0.25) is 0 Å². The Morgan fingerprint density at radius 3 is 2.67 bits per heavy atom. The Hall–Kier alpha value is -0.770. The summed E-state index contributed by atoms with van der Waals surface area (Å²) in [7, 11) is 2.19. The minimum absolute atomic E-state index is 0.503. The van der Waals surface area contributed by atoms with Crippen LogP contribution < -0.4 is 10.6 Å². The maximum absolute atomic E-state index is 5.96. The number of likely N-dealkylation sites (N-methyl/N-ethyl adjacent to an activating group) is 1. The molecule has 2 rings (SSSR count). The Balaban J connectivity index is 2.18. The first kappa shape index (κ1) is 13.7. The van der Waals surface area contributed by atoms with Crippen LogP contribution >= 0.6 is 11.6 Å². The van der Waals surface area contributed by atoms with Crippen LogP contribution in [-0.4, -0.2) is 44.2 Å². The number of nitrogens with two attached hydrogens (primary N) is 1. The summed E-state index contributed by atoms with van der Waals surface area (Å²) in [5, 5.41) is 0.793. The van der Waals surface area contributed by atoms with Crippen LogP contribution in [0.15, 0.2) is 24.3 Å². The summed E-state index contributed by atoms with van der Waals surface area (Å²) in [6, 6.07) is 8.65. The van der Waals surface area contributed by atoms with E-state index in [9.17, 15) is 0 Å². The first-order chi connectivity index (χ1) is 8.70. The Bertz CT molecular complexity index is 366. The first-order valence-electron chi connectivity index (χ1n) is 6.61. The Labute approximate surface area is 115 Å². The van der Waals surface area contributed by atoms with Crippen LogP contribution in [0.5, 0.6) is 0 Å². The second kappa shape index (κ2) is 6.41. The highest BCUT2D eigenvalue weighted by Gasteiger charge is 2.22. The number of nitrogens with zero attached hydrogens (tertiary/aromatic N) is 2. The third kappa shape index (κ3) is 3.37. The van der Waals surface area contributed by atoms with Crippen molar-refractivity contribution in [2.75, 3.05) is 38.1 Å². The van der Waals surface area contributed by atoms with Crippen LogP contribution in [0.4, 0.5) is 5.69 Å². The fraction of sp³-hybridized carbons (Fsp3) is 0.571. The molecule has 100 valence electrons. The molecule has 4 heteroatoms. The number of hydrogen-bond donors (Lipinski definition) is 1. The zero-order valence-electron chi connectivity index (χ0n) is 11.0.